The Labute approximate surface area is 202 Å². The van der Waals surface area contributed by atoms with E-state index in [9.17, 15) is 9.59 Å². The number of carbonyl (C=O) groups is 2. The van der Waals surface area contributed by atoms with Crippen molar-refractivity contribution in [1.29, 1.82) is 0 Å². The summed E-state index contributed by atoms with van der Waals surface area (Å²) in [6, 6.07) is 1.58. The number of likely N-dealkylation sites (N-methyl/N-ethyl adjacent to an activating group) is 1. The highest BCUT2D eigenvalue weighted by molar-refractivity contribution is 7.21. The summed E-state index contributed by atoms with van der Waals surface area (Å²) in [6.07, 6.45) is 4.99. The smallest absolute Gasteiger partial charge is 0.391 e. The lowest BCUT2D eigenvalue weighted by Crippen LogP contribution is -2.31. The fourth-order valence-corrected chi connectivity index (χ4v) is 4.54. The quantitative estimate of drug-likeness (QED) is 0.522. The van der Waals surface area contributed by atoms with Crippen molar-refractivity contribution in [3.63, 3.8) is 0 Å². The van der Waals surface area contributed by atoms with Gasteiger partial charge < -0.3 is 19.7 Å². The Morgan fingerprint density at radius 1 is 1.38 bits per heavy atom. The highest BCUT2D eigenvalue weighted by Crippen LogP contribution is 2.34. The van der Waals surface area contributed by atoms with Gasteiger partial charge in [0.15, 0.2) is 17.9 Å². The molecule has 4 heterocycles. The summed E-state index contributed by atoms with van der Waals surface area (Å²) in [5.74, 6) is 0.824. The fourth-order valence-electron chi connectivity index (χ4n) is 3.73. The lowest BCUT2D eigenvalue weighted by Gasteiger charge is -2.16. The number of ether oxygens (including phenoxy) is 2. The largest absolute Gasteiger partial charge is 0.477 e. The minimum Gasteiger partial charge on any atom is -0.477 e. The van der Waals surface area contributed by atoms with E-state index >= 15 is 0 Å². The first kappa shape index (κ1) is 24.2. The second-order valence-electron chi connectivity index (χ2n) is 8.62. The number of aromatic nitrogens is 2. The van der Waals surface area contributed by atoms with Gasteiger partial charge in [0.25, 0.3) is 0 Å². The first-order valence-electron chi connectivity index (χ1n) is 11.5. The van der Waals surface area contributed by atoms with Gasteiger partial charge in [0.1, 0.15) is 16.8 Å². The van der Waals surface area contributed by atoms with Crippen LogP contribution in [0.1, 0.15) is 25.3 Å². The molecule has 1 saturated heterocycles. The van der Waals surface area contributed by atoms with Gasteiger partial charge in [-0.1, -0.05) is 11.3 Å². The molecular formula is C23H31N6O4S+. The standard InChI is InChI=1S/C23H30N6O4S/c1-4-24-22(31)27-23-25-18-12-17(16-5-7-29(19(30)11-16)9-8-28(2)3)20(26-21(18)34-23)33-14-15-6-10-32-13-15/h5,7,12,15H,4,6,8-11,13-14H2,1-3H3,(H-,24,25,27,31)/p+1. The van der Waals surface area contributed by atoms with Crippen molar-refractivity contribution in [3.8, 4) is 5.88 Å². The number of nitrogens with one attached hydrogen (secondary N) is 2. The maximum Gasteiger partial charge on any atom is 0.391 e. The monoisotopic (exact) mass is 487 g/mol. The summed E-state index contributed by atoms with van der Waals surface area (Å²) < 4.78 is 13.4. The van der Waals surface area contributed by atoms with E-state index in [0.717, 1.165) is 30.7 Å². The van der Waals surface area contributed by atoms with Crippen molar-refractivity contribution < 1.29 is 23.6 Å². The van der Waals surface area contributed by atoms with Gasteiger partial charge in [-0.2, -0.15) is 4.58 Å². The van der Waals surface area contributed by atoms with Gasteiger partial charge in [-0.15, -0.1) is 0 Å². The van der Waals surface area contributed by atoms with E-state index < -0.39 is 0 Å². The summed E-state index contributed by atoms with van der Waals surface area (Å²) >= 11 is 1.28. The molecule has 1 unspecified atom stereocenters. The predicted octanol–water partition coefficient (Wildman–Crippen LogP) is 2.21. The third-order valence-electron chi connectivity index (χ3n) is 5.64. The second kappa shape index (κ2) is 11.0. The highest BCUT2D eigenvalue weighted by Gasteiger charge is 2.27. The number of rotatable bonds is 9. The highest BCUT2D eigenvalue weighted by atomic mass is 32.1. The van der Waals surface area contributed by atoms with Crippen LogP contribution in [0, 0.1) is 5.92 Å². The molecule has 1 fully saturated rings. The number of anilines is 1. The average Bonchev–Trinajstić information content (AvgIpc) is 3.45. The second-order valence-corrected chi connectivity index (χ2v) is 9.60. The minimum atomic E-state index is -0.313. The SMILES string of the molecule is CCNC(=O)Nc1nc2cc(C3=CC=[N+](CCN(C)C)C(=O)C3)c(OCC3CCOC3)nc2s1. The van der Waals surface area contributed by atoms with Crippen LogP contribution >= 0.6 is 11.3 Å². The molecule has 2 aromatic heterocycles. The predicted molar refractivity (Wildman–Crippen MR) is 132 cm³/mol. The molecule has 1 atom stereocenters. The molecule has 182 valence electrons. The van der Waals surface area contributed by atoms with Gasteiger partial charge in [0.2, 0.25) is 5.88 Å². The first-order valence-corrected chi connectivity index (χ1v) is 12.3. The zero-order valence-electron chi connectivity index (χ0n) is 19.8. The molecule has 3 amide bonds. The maximum absolute atomic E-state index is 12.8. The van der Waals surface area contributed by atoms with Crippen molar-refractivity contribution in [2.24, 2.45) is 5.92 Å². The number of amides is 3. The van der Waals surface area contributed by atoms with Crippen LogP contribution in [0.25, 0.3) is 15.9 Å². The van der Waals surface area contributed by atoms with Crippen LogP contribution in [0.3, 0.4) is 0 Å². The third-order valence-corrected chi connectivity index (χ3v) is 6.52. The lowest BCUT2D eigenvalue weighted by molar-refractivity contribution is -0.444. The van der Waals surface area contributed by atoms with E-state index in [-0.39, 0.29) is 18.4 Å². The molecule has 34 heavy (non-hydrogen) atoms. The third kappa shape index (κ3) is 5.96. The van der Waals surface area contributed by atoms with E-state index in [1.165, 1.54) is 11.3 Å². The molecule has 0 saturated carbocycles. The zero-order valence-corrected chi connectivity index (χ0v) is 20.6. The van der Waals surface area contributed by atoms with E-state index in [4.69, 9.17) is 14.5 Å². The number of hydrogen-bond donors (Lipinski definition) is 2. The molecule has 0 radical (unpaired) electrons. The normalized spacial score (nSPS) is 18.2. The number of nitrogens with zero attached hydrogens (tertiary/aromatic N) is 4. The topological polar surface area (TPSA) is 109 Å². The van der Waals surface area contributed by atoms with Crippen LogP contribution in [-0.2, 0) is 9.53 Å². The van der Waals surface area contributed by atoms with Gasteiger partial charge in [-0.05, 0) is 39.1 Å². The number of fused-ring (bicyclic) bond motifs is 1. The van der Waals surface area contributed by atoms with Crippen molar-refractivity contribution in [1.82, 2.24) is 20.2 Å². The van der Waals surface area contributed by atoms with Crippen LogP contribution in [-0.4, -0.2) is 91.1 Å². The Hall–Kier alpha value is -2.89. The minimum absolute atomic E-state index is 0.0338. The van der Waals surface area contributed by atoms with Crippen molar-refractivity contribution in [2.75, 3.05) is 58.9 Å². The van der Waals surface area contributed by atoms with E-state index in [0.29, 0.717) is 53.6 Å². The molecule has 11 heteroatoms. The zero-order chi connectivity index (χ0) is 24.1. The fraction of sp³-hybridized carbons (Fsp3) is 0.522. The molecule has 0 bridgehead atoms. The molecule has 4 rings (SSSR count). The Morgan fingerprint density at radius 3 is 2.94 bits per heavy atom. The molecule has 0 spiro atoms. The summed E-state index contributed by atoms with van der Waals surface area (Å²) in [6.45, 7) is 5.71. The van der Waals surface area contributed by atoms with Crippen LogP contribution < -0.4 is 15.4 Å². The van der Waals surface area contributed by atoms with Crippen LogP contribution in [0.2, 0.25) is 0 Å². The van der Waals surface area contributed by atoms with E-state index in [1.54, 1.807) is 4.58 Å². The Bertz CT molecular complexity index is 1120. The summed E-state index contributed by atoms with van der Waals surface area (Å²) in [4.78, 5) is 36.7. The Balaban J connectivity index is 1.64. The average molecular weight is 488 g/mol. The molecule has 10 nitrogen and oxygen atoms in total. The molecule has 2 aromatic rings. The summed E-state index contributed by atoms with van der Waals surface area (Å²) in [5, 5.41) is 5.88. The van der Waals surface area contributed by atoms with Gasteiger partial charge in [-0.3, -0.25) is 5.32 Å². The maximum atomic E-state index is 12.8. The van der Waals surface area contributed by atoms with E-state index in [1.807, 2.05) is 44.3 Å². The van der Waals surface area contributed by atoms with Gasteiger partial charge in [0, 0.05) is 30.7 Å². The molecule has 0 aromatic carbocycles. The van der Waals surface area contributed by atoms with E-state index in [2.05, 4.69) is 15.6 Å². The molecule has 2 N–H and O–H groups in total. The van der Waals surface area contributed by atoms with Crippen LogP contribution in [0.5, 0.6) is 5.88 Å². The number of urea groups is 1. The Morgan fingerprint density at radius 2 is 2.24 bits per heavy atom. The van der Waals surface area contributed by atoms with Gasteiger partial charge in [-0.25, -0.2) is 19.6 Å². The molecule has 0 aliphatic carbocycles. The van der Waals surface area contributed by atoms with Crippen LogP contribution in [0.4, 0.5) is 9.93 Å². The van der Waals surface area contributed by atoms with Gasteiger partial charge in [0.05, 0.1) is 19.8 Å². The molecular weight excluding hydrogens is 456 g/mol. The Kier molecular flexibility index (Phi) is 7.86. The first-order chi connectivity index (χ1) is 16.4. The number of thiazole rings is 1. The molecule has 2 aliphatic rings. The summed E-state index contributed by atoms with van der Waals surface area (Å²) in [5.41, 5.74) is 2.23. The number of hydrogen-bond acceptors (Lipinski definition) is 8. The number of allylic oxidation sites excluding steroid dienone is 1. The van der Waals surface area contributed by atoms with Crippen LogP contribution in [0.15, 0.2) is 12.1 Å². The number of carbonyl (C=O) groups excluding carboxylic acids is 2. The summed E-state index contributed by atoms with van der Waals surface area (Å²) in [7, 11) is 3.97. The van der Waals surface area contributed by atoms with Crippen molar-refractivity contribution >= 4 is 50.5 Å². The van der Waals surface area contributed by atoms with Gasteiger partial charge >= 0.3 is 11.9 Å². The number of pyridine rings is 1. The van der Waals surface area contributed by atoms with Crippen molar-refractivity contribution in [3.05, 3.63) is 17.7 Å². The molecule has 2 aliphatic heterocycles. The van der Waals surface area contributed by atoms with Crippen molar-refractivity contribution in [2.45, 2.75) is 19.8 Å². The lowest BCUT2D eigenvalue weighted by atomic mass is 10.0.